The van der Waals surface area contributed by atoms with Gasteiger partial charge >= 0.3 is 6.18 Å². The van der Waals surface area contributed by atoms with Crippen LogP contribution in [0.3, 0.4) is 0 Å². The van der Waals surface area contributed by atoms with Gasteiger partial charge in [-0.1, -0.05) is 12.1 Å². The second-order valence-electron chi connectivity index (χ2n) is 7.03. The molecule has 0 aliphatic carbocycles. The van der Waals surface area contributed by atoms with E-state index in [2.05, 4.69) is 10.3 Å². The zero-order valence-corrected chi connectivity index (χ0v) is 14.5. The molecule has 0 amide bonds. The van der Waals surface area contributed by atoms with Gasteiger partial charge in [-0.25, -0.2) is 4.98 Å². The Morgan fingerprint density at radius 3 is 2.42 bits per heavy atom. The molecule has 0 bridgehead atoms. The number of aromatic hydroxyl groups is 1. The highest BCUT2D eigenvalue weighted by Crippen LogP contribution is 2.41. The van der Waals surface area contributed by atoms with Crippen LogP contribution in [0.5, 0.6) is 5.88 Å². The number of halogens is 3. The summed E-state index contributed by atoms with van der Waals surface area (Å²) < 4.78 is 38.3. The van der Waals surface area contributed by atoms with E-state index in [9.17, 15) is 23.4 Å². The fourth-order valence-corrected chi connectivity index (χ4v) is 3.71. The van der Waals surface area contributed by atoms with Gasteiger partial charge < -0.3 is 15.5 Å². The van der Waals surface area contributed by atoms with E-state index in [-0.39, 0.29) is 18.0 Å². The highest BCUT2D eigenvalue weighted by atomic mass is 19.4. The van der Waals surface area contributed by atoms with Gasteiger partial charge in [0.25, 0.3) is 0 Å². The van der Waals surface area contributed by atoms with Gasteiger partial charge in [0.1, 0.15) is 0 Å². The normalized spacial score (nSPS) is 26.7. The molecule has 3 N–H and O–H groups in total. The van der Waals surface area contributed by atoms with Gasteiger partial charge in [0.15, 0.2) is 0 Å². The molecule has 1 fully saturated rings. The van der Waals surface area contributed by atoms with Crippen molar-refractivity contribution < 1.29 is 23.4 Å². The van der Waals surface area contributed by atoms with Crippen LogP contribution in [-0.2, 0) is 11.8 Å². The third-order valence-corrected chi connectivity index (χ3v) is 4.93. The summed E-state index contributed by atoms with van der Waals surface area (Å²) in [5.74, 6) is -0.0758. The lowest BCUT2D eigenvalue weighted by molar-refractivity contribution is -0.137. The van der Waals surface area contributed by atoms with Crippen molar-refractivity contribution in [2.75, 3.05) is 0 Å². The van der Waals surface area contributed by atoms with E-state index in [0.29, 0.717) is 18.4 Å². The Labute approximate surface area is 149 Å². The Bertz CT molecular complexity index is 792. The minimum Gasteiger partial charge on any atom is -0.493 e. The number of aryl methyl sites for hydroxylation is 1. The largest absolute Gasteiger partial charge is 0.493 e. The Kier molecular flexibility index (Phi) is 4.71. The average molecular weight is 366 g/mol. The van der Waals surface area contributed by atoms with Crippen molar-refractivity contribution in [2.45, 2.75) is 50.6 Å². The SMILES string of the molecule is Cc1cc(O)ncc1[C@@H]1CC(O)(c2ccc(C(F)(F)F)cc2)C[C@H](C)N1. The smallest absolute Gasteiger partial charge is 0.416 e. The zero-order chi connectivity index (χ0) is 19.1. The molecule has 2 aromatic rings. The summed E-state index contributed by atoms with van der Waals surface area (Å²) in [5, 5.41) is 24.1. The quantitative estimate of drug-likeness (QED) is 0.756. The fraction of sp³-hybridized carbons (Fsp3) is 0.421. The molecule has 1 aliphatic rings. The molecule has 140 valence electrons. The molecule has 2 heterocycles. The third kappa shape index (κ3) is 3.68. The maximum absolute atomic E-state index is 12.8. The van der Waals surface area contributed by atoms with Crippen LogP contribution in [-0.4, -0.2) is 21.2 Å². The van der Waals surface area contributed by atoms with Gasteiger partial charge in [0, 0.05) is 24.3 Å². The lowest BCUT2D eigenvalue weighted by Gasteiger charge is -2.42. The van der Waals surface area contributed by atoms with Crippen LogP contribution in [0.4, 0.5) is 13.2 Å². The van der Waals surface area contributed by atoms with Crippen LogP contribution >= 0.6 is 0 Å². The maximum atomic E-state index is 12.8. The van der Waals surface area contributed by atoms with Gasteiger partial charge in [-0.05, 0) is 55.5 Å². The van der Waals surface area contributed by atoms with Crippen LogP contribution < -0.4 is 5.32 Å². The van der Waals surface area contributed by atoms with Crippen molar-refractivity contribution in [3.63, 3.8) is 0 Å². The molecule has 1 aromatic heterocycles. The number of nitrogens with one attached hydrogen (secondary N) is 1. The number of aliphatic hydroxyl groups is 1. The molecule has 3 rings (SSSR count). The number of hydrogen-bond acceptors (Lipinski definition) is 4. The summed E-state index contributed by atoms with van der Waals surface area (Å²) in [6.07, 6.45) is -2.15. The van der Waals surface area contributed by atoms with Crippen molar-refractivity contribution in [1.82, 2.24) is 10.3 Å². The number of hydrogen-bond donors (Lipinski definition) is 3. The van der Waals surface area contributed by atoms with Crippen molar-refractivity contribution in [2.24, 2.45) is 0 Å². The van der Waals surface area contributed by atoms with Gasteiger partial charge in [0.2, 0.25) is 5.88 Å². The number of benzene rings is 1. The number of pyridine rings is 1. The molecular formula is C19H21F3N2O2. The number of rotatable bonds is 2. The molecule has 1 unspecified atom stereocenters. The molecule has 0 spiro atoms. The molecular weight excluding hydrogens is 345 g/mol. The number of piperidine rings is 1. The Morgan fingerprint density at radius 1 is 1.19 bits per heavy atom. The summed E-state index contributed by atoms with van der Waals surface area (Å²) in [7, 11) is 0. The second-order valence-corrected chi connectivity index (χ2v) is 7.03. The highest BCUT2D eigenvalue weighted by Gasteiger charge is 2.40. The summed E-state index contributed by atoms with van der Waals surface area (Å²) in [4.78, 5) is 3.91. The lowest BCUT2D eigenvalue weighted by atomic mass is 9.77. The van der Waals surface area contributed by atoms with E-state index >= 15 is 0 Å². The van der Waals surface area contributed by atoms with E-state index in [1.807, 2.05) is 13.8 Å². The van der Waals surface area contributed by atoms with E-state index < -0.39 is 17.3 Å². The van der Waals surface area contributed by atoms with Crippen LogP contribution in [0.25, 0.3) is 0 Å². The van der Waals surface area contributed by atoms with Gasteiger partial charge in [0.05, 0.1) is 11.2 Å². The Hall–Kier alpha value is -2.12. The molecule has 7 heteroatoms. The minimum absolute atomic E-state index is 0.0470. The molecule has 0 saturated carbocycles. The molecule has 1 aromatic carbocycles. The van der Waals surface area contributed by atoms with Crippen molar-refractivity contribution >= 4 is 0 Å². The fourth-order valence-electron chi connectivity index (χ4n) is 3.71. The van der Waals surface area contributed by atoms with Crippen LogP contribution in [0.15, 0.2) is 36.5 Å². The summed E-state index contributed by atoms with van der Waals surface area (Å²) in [6, 6.07) is 5.98. The zero-order valence-electron chi connectivity index (χ0n) is 14.5. The monoisotopic (exact) mass is 366 g/mol. The molecule has 0 radical (unpaired) electrons. The average Bonchev–Trinajstić information content (AvgIpc) is 2.53. The summed E-state index contributed by atoms with van der Waals surface area (Å²) in [5.41, 5.74) is 0.165. The summed E-state index contributed by atoms with van der Waals surface area (Å²) >= 11 is 0. The first-order valence-corrected chi connectivity index (χ1v) is 8.40. The number of alkyl halides is 3. The molecule has 1 saturated heterocycles. The first kappa shape index (κ1) is 18.7. The topological polar surface area (TPSA) is 65.4 Å². The molecule has 26 heavy (non-hydrogen) atoms. The lowest BCUT2D eigenvalue weighted by Crippen LogP contribution is -2.47. The standard InChI is InChI=1S/C19H21F3N2O2/c1-11-7-17(25)23-10-15(11)16-9-18(26,8-12(2)24-16)13-3-5-14(6-4-13)19(20,21)22/h3-7,10,12,16,24,26H,8-9H2,1-2H3,(H,23,25)/t12-,16-,18?/m0/s1. The second kappa shape index (κ2) is 6.55. The van der Waals surface area contributed by atoms with Crippen LogP contribution in [0, 0.1) is 6.92 Å². The Balaban J connectivity index is 1.91. The predicted octanol–water partition coefficient (Wildman–Crippen LogP) is 3.82. The molecule has 1 aliphatic heterocycles. The van der Waals surface area contributed by atoms with Gasteiger partial charge in [-0.3, -0.25) is 0 Å². The van der Waals surface area contributed by atoms with E-state index in [4.69, 9.17) is 0 Å². The van der Waals surface area contributed by atoms with Crippen molar-refractivity contribution in [3.8, 4) is 5.88 Å². The first-order chi connectivity index (χ1) is 12.1. The van der Waals surface area contributed by atoms with Gasteiger partial charge in [-0.2, -0.15) is 13.2 Å². The minimum atomic E-state index is -4.40. The number of nitrogens with zero attached hydrogens (tertiary/aromatic N) is 1. The number of aromatic nitrogens is 1. The van der Waals surface area contributed by atoms with E-state index in [1.165, 1.54) is 12.1 Å². The Morgan fingerprint density at radius 2 is 1.85 bits per heavy atom. The first-order valence-electron chi connectivity index (χ1n) is 8.40. The van der Waals surface area contributed by atoms with E-state index in [0.717, 1.165) is 23.3 Å². The van der Waals surface area contributed by atoms with Crippen LogP contribution in [0.2, 0.25) is 0 Å². The van der Waals surface area contributed by atoms with Crippen molar-refractivity contribution in [3.05, 3.63) is 58.8 Å². The predicted molar refractivity (Wildman–Crippen MR) is 90.6 cm³/mol. The molecule has 4 nitrogen and oxygen atoms in total. The molecule has 3 atom stereocenters. The summed E-state index contributed by atoms with van der Waals surface area (Å²) in [6.45, 7) is 3.76. The van der Waals surface area contributed by atoms with Gasteiger partial charge in [-0.15, -0.1) is 0 Å². The highest BCUT2D eigenvalue weighted by molar-refractivity contribution is 5.34. The van der Waals surface area contributed by atoms with Crippen LogP contribution in [0.1, 0.15) is 48.1 Å². The van der Waals surface area contributed by atoms with Crippen molar-refractivity contribution in [1.29, 1.82) is 0 Å². The maximum Gasteiger partial charge on any atom is 0.416 e. The third-order valence-electron chi connectivity index (χ3n) is 4.93. The van der Waals surface area contributed by atoms with E-state index in [1.54, 1.807) is 12.3 Å².